The Hall–Kier alpha value is -2.34. The Morgan fingerprint density at radius 1 is 1.10 bits per heavy atom. The minimum atomic E-state index is -0.610. The van der Waals surface area contributed by atoms with E-state index in [4.69, 9.17) is 4.74 Å². The Bertz CT molecular complexity index is 885. The Morgan fingerprint density at radius 2 is 1.80 bits per heavy atom. The van der Waals surface area contributed by atoms with E-state index in [2.05, 4.69) is 21.2 Å². The number of benzene rings is 2. The predicted molar refractivity (Wildman–Crippen MR) is 123 cm³/mol. The van der Waals surface area contributed by atoms with Crippen molar-refractivity contribution in [3.05, 3.63) is 63.6 Å². The molecule has 0 bridgehead atoms. The summed E-state index contributed by atoms with van der Waals surface area (Å²) in [6, 6.07) is 12.9. The van der Waals surface area contributed by atoms with E-state index in [1.54, 1.807) is 11.8 Å². The van der Waals surface area contributed by atoms with Crippen LogP contribution in [0, 0.1) is 13.8 Å². The summed E-state index contributed by atoms with van der Waals surface area (Å²) in [5.74, 6) is 0.230. The third kappa shape index (κ3) is 6.59. The van der Waals surface area contributed by atoms with Gasteiger partial charge in [0.05, 0.1) is 0 Å². The lowest BCUT2D eigenvalue weighted by atomic mass is 10.1. The number of carbonyl (C=O) groups excluding carboxylic acids is 2. The number of hydrogen-bond acceptors (Lipinski definition) is 3. The number of nitrogens with one attached hydrogen (secondary N) is 1. The van der Waals surface area contributed by atoms with E-state index in [9.17, 15) is 9.59 Å². The van der Waals surface area contributed by atoms with Gasteiger partial charge in [-0.1, -0.05) is 47.1 Å². The molecule has 0 spiro atoms. The number of aryl methyl sites for hydroxylation is 2. The van der Waals surface area contributed by atoms with Crippen molar-refractivity contribution in [2.45, 2.75) is 59.7 Å². The van der Waals surface area contributed by atoms with Crippen LogP contribution in [0.25, 0.3) is 0 Å². The molecule has 0 saturated heterocycles. The molecule has 0 aromatic heterocycles. The molecule has 6 heteroatoms. The van der Waals surface area contributed by atoms with Crippen LogP contribution >= 0.6 is 15.9 Å². The zero-order valence-electron chi connectivity index (χ0n) is 18.4. The zero-order chi connectivity index (χ0) is 22.3. The van der Waals surface area contributed by atoms with Gasteiger partial charge in [-0.05, 0) is 69.0 Å². The predicted octanol–water partition coefficient (Wildman–Crippen LogP) is 4.78. The molecule has 0 heterocycles. The average molecular weight is 475 g/mol. The maximum atomic E-state index is 13.1. The Kier molecular flexibility index (Phi) is 8.90. The average Bonchev–Trinajstić information content (AvgIpc) is 2.73. The first kappa shape index (κ1) is 23.9. The molecule has 0 unspecified atom stereocenters. The van der Waals surface area contributed by atoms with E-state index < -0.39 is 6.04 Å². The van der Waals surface area contributed by atoms with Gasteiger partial charge in [0.2, 0.25) is 5.91 Å². The molecule has 2 atom stereocenters. The first-order valence-electron chi connectivity index (χ1n) is 10.3. The molecule has 2 aromatic carbocycles. The van der Waals surface area contributed by atoms with Crippen LogP contribution < -0.4 is 10.1 Å². The van der Waals surface area contributed by atoms with Gasteiger partial charge in [-0.3, -0.25) is 9.59 Å². The quantitative estimate of drug-likeness (QED) is 0.568. The van der Waals surface area contributed by atoms with Crippen molar-refractivity contribution in [2.24, 2.45) is 0 Å². The van der Waals surface area contributed by atoms with Crippen LogP contribution in [0.15, 0.2) is 46.9 Å². The third-order valence-electron chi connectivity index (χ3n) is 5.26. The van der Waals surface area contributed by atoms with Gasteiger partial charge in [0, 0.05) is 17.1 Å². The first-order valence-corrected chi connectivity index (χ1v) is 11.1. The first-order chi connectivity index (χ1) is 14.2. The fourth-order valence-electron chi connectivity index (χ4n) is 2.95. The van der Waals surface area contributed by atoms with Crippen LogP contribution in [0.5, 0.6) is 5.75 Å². The topological polar surface area (TPSA) is 58.6 Å². The SMILES string of the molecule is CC[C@H](C)NC(=O)[C@H](C)N(Cc1ccccc1C)C(=O)COc1ccc(Br)c(C)c1. The summed E-state index contributed by atoms with van der Waals surface area (Å²) in [4.78, 5) is 27.4. The van der Waals surface area contributed by atoms with Gasteiger partial charge in [0.15, 0.2) is 6.61 Å². The summed E-state index contributed by atoms with van der Waals surface area (Å²) in [5.41, 5.74) is 3.11. The second-order valence-electron chi connectivity index (χ2n) is 7.64. The van der Waals surface area contributed by atoms with Gasteiger partial charge < -0.3 is 15.0 Å². The van der Waals surface area contributed by atoms with E-state index in [-0.39, 0.29) is 24.5 Å². The van der Waals surface area contributed by atoms with Crippen LogP contribution in [0.2, 0.25) is 0 Å². The molecule has 30 heavy (non-hydrogen) atoms. The summed E-state index contributed by atoms with van der Waals surface area (Å²) in [5, 5.41) is 2.97. The number of carbonyl (C=O) groups is 2. The summed E-state index contributed by atoms with van der Waals surface area (Å²) in [7, 11) is 0. The Morgan fingerprint density at radius 3 is 2.43 bits per heavy atom. The Balaban J connectivity index is 2.18. The summed E-state index contributed by atoms with van der Waals surface area (Å²) < 4.78 is 6.72. The van der Waals surface area contributed by atoms with Crippen LogP contribution in [0.3, 0.4) is 0 Å². The van der Waals surface area contributed by atoms with Crippen molar-refractivity contribution in [1.29, 1.82) is 0 Å². The minimum Gasteiger partial charge on any atom is -0.484 e. The maximum Gasteiger partial charge on any atom is 0.261 e. The molecule has 0 radical (unpaired) electrons. The minimum absolute atomic E-state index is 0.0531. The molecular formula is C24H31BrN2O3. The van der Waals surface area contributed by atoms with Crippen LogP contribution in [0.4, 0.5) is 0 Å². The number of amides is 2. The van der Waals surface area contributed by atoms with E-state index in [1.807, 2.05) is 70.2 Å². The lowest BCUT2D eigenvalue weighted by molar-refractivity contribution is -0.142. The van der Waals surface area contributed by atoms with Crippen LogP contribution in [0.1, 0.15) is 43.9 Å². The van der Waals surface area contributed by atoms with E-state index in [1.165, 1.54) is 0 Å². The second-order valence-corrected chi connectivity index (χ2v) is 8.50. The van der Waals surface area contributed by atoms with Crippen molar-refractivity contribution >= 4 is 27.7 Å². The van der Waals surface area contributed by atoms with E-state index in [0.717, 1.165) is 27.6 Å². The smallest absolute Gasteiger partial charge is 0.261 e. The van der Waals surface area contributed by atoms with Crippen LogP contribution in [-0.2, 0) is 16.1 Å². The lowest BCUT2D eigenvalue weighted by Gasteiger charge is -2.30. The van der Waals surface area contributed by atoms with Gasteiger partial charge in [0.1, 0.15) is 11.8 Å². The largest absolute Gasteiger partial charge is 0.484 e. The van der Waals surface area contributed by atoms with E-state index in [0.29, 0.717) is 12.3 Å². The monoisotopic (exact) mass is 474 g/mol. The molecule has 0 saturated carbocycles. The molecule has 1 N–H and O–H groups in total. The van der Waals surface area contributed by atoms with Crippen LogP contribution in [-0.4, -0.2) is 35.4 Å². The van der Waals surface area contributed by atoms with Crippen molar-refractivity contribution in [3.63, 3.8) is 0 Å². The summed E-state index contributed by atoms with van der Waals surface area (Å²) >= 11 is 3.46. The van der Waals surface area contributed by atoms with Gasteiger partial charge >= 0.3 is 0 Å². The fourth-order valence-corrected chi connectivity index (χ4v) is 3.20. The van der Waals surface area contributed by atoms with Gasteiger partial charge in [-0.2, -0.15) is 0 Å². The van der Waals surface area contributed by atoms with Gasteiger partial charge in [-0.25, -0.2) is 0 Å². The lowest BCUT2D eigenvalue weighted by Crippen LogP contribution is -2.50. The molecule has 0 aliphatic heterocycles. The zero-order valence-corrected chi connectivity index (χ0v) is 20.0. The highest BCUT2D eigenvalue weighted by Gasteiger charge is 2.27. The summed E-state index contributed by atoms with van der Waals surface area (Å²) in [6.07, 6.45) is 0.830. The maximum absolute atomic E-state index is 13.1. The molecular weight excluding hydrogens is 444 g/mol. The fraction of sp³-hybridized carbons (Fsp3) is 0.417. The summed E-state index contributed by atoms with van der Waals surface area (Å²) in [6.45, 7) is 9.92. The molecule has 162 valence electrons. The molecule has 0 fully saturated rings. The second kappa shape index (κ2) is 11.2. The highest BCUT2D eigenvalue weighted by atomic mass is 79.9. The van der Waals surface area contributed by atoms with Gasteiger partial charge in [-0.15, -0.1) is 0 Å². The van der Waals surface area contributed by atoms with Gasteiger partial charge in [0.25, 0.3) is 5.91 Å². The van der Waals surface area contributed by atoms with E-state index >= 15 is 0 Å². The molecule has 0 aliphatic carbocycles. The molecule has 2 aromatic rings. The molecule has 0 aliphatic rings. The molecule has 2 amide bonds. The number of rotatable bonds is 9. The van der Waals surface area contributed by atoms with Crippen molar-refractivity contribution in [2.75, 3.05) is 6.61 Å². The van der Waals surface area contributed by atoms with Crippen molar-refractivity contribution < 1.29 is 14.3 Å². The molecule has 2 rings (SSSR count). The van der Waals surface area contributed by atoms with Crippen molar-refractivity contribution in [3.8, 4) is 5.75 Å². The number of nitrogens with zero attached hydrogens (tertiary/aromatic N) is 1. The Labute approximate surface area is 187 Å². The standard InChI is InChI=1S/C24H31BrN2O3/c1-6-18(4)26-24(29)19(5)27(14-20-10-8-7-9-16(20)2)23(28)15-30-21-11-12-22(25)17(3)13-21/h7-13,18-19H,6,14-15H2,1-5H3,(H,26,29)/t18-,19-/m0/s1. The highest BCUT2D eigenvalue weighted by molar-refractivity contribution is 9.10. The third-order valence-corrected chi connectivity index (χ3v) is 6.15. The normalized spacial score (nSPS) is 12.7. The molecule has 5 nitrogen and oxygen atoms in total. The highest BCUT2D eigenvalue weighted by Crippen LogP contribution is 2.22. The van der Waals surface area contributed by atoms with Crippen molar-refractivity contribution in [1.82, 2.24) is 10.2 Å². The number of ether oxygens (including phenoxy) is 1. The number of halogens is 1. The number of hydrogen-bond donors (Lipinski definition) is 1.